The van der Waals surface area contributed by atoms with Gasteiger partial charge in [-0.3, -0.25) is 4.79 Å². The topological polar surface area (TPSA) is 55.1 Å². The molecule has 0 aromatic heterocycles. The SMILES string of the molecule is CC[C@H](C)[C@H](N)C(=O)NCC(C)C. The normalized spacial score (nSPS) is 15.5. The maximum absolute atomic E-state index is 11.4. The van der Waals surface area contributed by atoms with Gasteiger partial charge >= 0.3 is 0 Å². The molecule has 1 amide bonds. The zero-order valence-electron chi connectivity index (χ0n) is 9.13. The third kappa shape index (κ3) is 4.88. The van der Waals surface area contributed by atoms with Gasteiger partial charge < -0.3 is 11.1 Å². The maximum atomic E-state index is 11.4. The van der Waals surface area contributed by atoms with E-state index in [9.17, 15) is 4.79 Å². The molecule has 0 spiro atoms. The summed E-state index contributed by atoms with van der Waals surface area (Å²) in [6, 6.07) is -0.358. The van der Waals surface area contributed by atoms with Crippen molar-refractivity contribution in [3.05, 3.63) is 0 Å². The number of hydrogen-bond donors (Lipinski definition) is 2. The average Bonchev–Trinajstić information content (AvgIpc) is 2.11. The Morgan fingerprint density at radius 2 is 1.92 bits per heavy atom. The largest absolute Gasteiger partial charge is 0.354 e. The van der Waals surface area contributed by atoms with Crippen molar-refractivity contribution in [2.24, 2.45) is 17.6 Å². The Balaban J connectivity index is 3.82. The van der Waals surface area contributed by atoms with Crippen LogP contribution in [0, 0.1) is 11.8 Å². The molecular weight excluding hydrogens is 164 g/mol. The van der Waals surface area contributed by atoms with Crippen molar-refractivity contribution in [2.45, 2.75) is 40.2 Å². The Morgan fingerprint density at radius 3 is 2.31 bits per heavy atom. The van der Waals surface area contributed by atoms with Crippen LogP contribution in [0.15, 0.2) is 0 Å². The number of carbonyl (C=O) groups is 1. The van der Waals surface area contributed by atoms with Gasteiger partial charge in [0.05, 0.1) is 6.04 Å². The molecule has 0 aliphatic heterocycles. The van der Waals surface area contributed by atoms with Crippen molar-refractivity contribution in [1.82, 2.24) is 5.32 Å². The standard InChI is InChI=1S/C10H22N2O/c1-5-8(4)9(11)10(13)12-6-7(2)3/h7-9H,5-6,11H2,1-4H3,(H,12,13)/t8-,9-/m0/s1. The summed E-state index contributed by atoms with van der Waals surface area (Å²) in [7, 11) is 0. The number of nitrogens with two attached hydrogens (primary N) is 1. The molecule has 0 heterocycles. The lowest BCUT2D eigenvalue weighted by molar-refractivity contribution is -0.123. The lowest BCUT2D eigenvalue weighted by Gasteiger charge is -2.18. The fourth-order valence-electron chi connectivity index (χ4n) is 0.935. The van der Waals surface area contributed by atoms with Crippen LogP contribution in [0.3, 0.4) is 0 Å². The van der Waals surface area contributed by atoms with Crippen molar-refractivity contribution in [2.75, 3.05) is 6.54 Å². The summed E-state index contributed by atoms with van der Waals surface area (Å²) in [5.41, 5.74) is 5.75. The summed E-state index contributed by atoms with van der Waals surface area (Å²) < 4.78 is 0. The predicted molar refractivity (Wildman–Crippen MR) is 55.3 cm³/mol. The van der Waals surface area contributed by atoms with E-state index < -0.39 is 0 Å². The third-order valence-electron chi connectivity index (χ3n) is 2.24. The molecule has 0 aromatic rings. The molecular formula is C10H22N2O. The lowest BCUT2D eigenvalue weighted by Crippen LogP contribution is -2.45. The van der Waals surface area contributed by atoms with Crippen LogP contribution in [0.4, 0.5) is 0 Å². The third-order valence-corrected chi connectivity index (χ3v) is 2.24. The molecule has 78 valence electrons. The fraction of sp³-hybridized carbons (Fsp3) is 0.900. The van der Waals surface area contributed by atoms with Gasteiger partial charge in [-0.2, -0.15) is 0 Å². The highest BCUT2D eigenvalue weighted by atomic mass is 16.2. The molecule has 0 radical (unpaired) electrons. The van der Waals surface area contributed by atoms with Crippen LogP contribution in [-0.2, 0) is 4.79 Å². The van der Waals surface area contributed by atoms with Crippen LogP contribution in [0.5, 0.6) is 0 Å². The summed E-state index contributed by atoms with van der Waals surface area (Å²) in [5, 5.41) is 2.83. The zero-order valence-corrected chi connectivity index (χ0v) is 9.13. The molecule has 2 atom stereocenters. The molecule has 0 aliphatic rings. The van der Waals surface area contributed by atoms with Gasteiger partial charge in [-0.05, 0) is 11.8 Å². The van der Waals surface area contributed by atoms with Crippen molar-refractivity contribution in [3.8, 4) is 0 Å². The van der Waals surface area contributed by atoms with E-state index in [1.165, 1.54) is 0 Å². The van der Waals surface area contributed by atoms with E-state index in [4.69, 9.17) is 5.73 Å². The van der Waals surface area contributed by atoms with Crippen LogP contribution in [-0.4, -0.2) is 18.5 Å². The van der Waals surface area contributed by atoms with E-state index in [0.717, 1.165) is 6.42 Å². The predicted octanol–water partition coefficient (Wildman–Crippen LogP) is 1.13. The molecule has 0 saturated heterocycles. The van der Waals surface area contributed by atoms with Crippen LogP contribution < -0.4 is 11.1 Å². The molecule has 0 unspecified atom stereocenters. The number of hydrogen-bond acceptors (Lipinski definition) is 2. The monoisotopic (exact) mass is 186 g/mol. The molecule has 3 N–H and O–H groups in total. The molecule has 0 fully saturated rings. The first-order valence-corrected chi connectivity index (χ1v) is 5.02. The number of nitrogens with one attached hydrogen (secondary N) is 1. The number of amides is 1. The minimum absolute atomic E-state index is 0.0250. The Bertz CT molecular complexity index is 157. The van der Waals surface area contributed by atoms with Crippen LogP contribution in [0.1, 0.15) is 34.1 Å². The second kappa shape index (κ2) is 5.97. The second-order valence-corrected chi connectivity index (χ2v) is 4.05. The van der Waals surface area contributed by atoms with E-state index in [-0.39, 0.29) is 17.9 Å². The molecule has 13 heavy (non-hydrogen) atoms. The number of carbonyl (C=O) groups excluding carboxylic acids is 1. The van der Waals surface area contributed by atoms with E-state index in [1.54, 1.807) is 0 Å². The fourth-order valence-corrected chi connectivity index (χ4v) is 0.935. The van der Waals surface area contributed by atoms with Gasteiger partial charge in [0, 0.05) is 6.54 Å². The first-order valence-electron chi connectivity index (χ1n) is 5.02. The molecule has 0 aliphatic carbocycles. The van der Waals surface area contributed by atoms with Gasteiger partial charge in [0.25, 0.3) is 0 Å². The van der Waals surface area contributed by atoms with Gasteiger partial charge in [-0.15, -0.1) is 0 Å². The molecule has 0 aromatic carbocycles. The first kappa shape index (κ1) is 12.4. The smallest absolute Gasteiger partial charge is 0.237 e. The van der Waals surface area contributed by atoms with Gasteiger partial charge in [0.15, 0.2) is 0 Å². The van der Waals surface area contributed by atoms with Crippen LogP contribution in [0.2, 0.25) is 0 Å². The summed E-state index contributed by atoms with van der Waals surface area (Å²) in [6.45, 7) is 8.88. The van der Waals surface area contributed by atoms with Gasteiger partial charge in [-0.25, -0.2) is 0 Å². The highest BCUT2D eigenvalue weighted by Crippen LogP contribution is 2.05. The number of rotatable bonds is 5. The van der Waals surface area contributed by atoms with E-state index in [1.807, 2.05) is 13.8 Å². The highest BCUT2D eigenvalue weighted by Gasteiger charge is 2.18. The van der Waals surface area contributed by atoms with Crippen molar-refractivity contribution in [3.63, 3.8) is 0 Å². The Labute approximate surface area is 81.1 Å². The summed E-state index contributed by atoms with van der Waals surface area (Å²) in [4.78, 5) is 11.4. The first-order chi connectivity index (χ1) is 5.99. The maximum Gasteiger partial charge on any atom is 0.237 e. The summed E-state index contributed by atoms with van der Waals surface area (Å²) in [6.07, 6.45) is 0.941. The summed E-state index contributed by atoms with van der Waals surface area (Å²) in [5.74, 6) is 0.711. The van der Waals surface area contributed by atoms with Crippen molar-refractivity contribution >= 4 is 5.91 Å². The molecule has 0 saturated carbocycles. The van der Waals surface area contributed by atoms with Crippen molar-refractivity contribution in [1.29, 1.82) is 0 Å². The van der Waals surface area contributed by atoms with Crippen LogP contribution >= 0.6 is 0 Å². The lowest BCUT2D eigenvalue weighted by atomic mass is 9.99. The van der Waals surface area contributed by atoms with Crippen LogP contribution in [0.25, 0.3) is 0 Å². The van der Waals surface area contributed by atoms with E-state index in [2.05, 4.69) is 19.2 Å². The van der Waals surface area contributed by atoms with Gasteiger partial charge in [0.1, 0.15) is 0 Å². The minimum Gasteiger partial charge on any atom is -0.354 e. The molecule has 3 heteroatoms. The summed E-state index contributed by atoms with van der Waals surface area (Å²) >= 11 is 0. The van der Waals surface area contributed by atoms with E-state index in [0.29, 0.717) is 12.5 Å². The second-order valence-electron chi connectivity index (χ2n) is 4.05. The Hall–Kier alpha value is -0.570. The van der Waals surface area contributed by atoms with E-state index >= 15 is 0 Å². The average molecular weight is 186 g/mol. The Morgan fingerprint density at radius 1 is 1.38 bits per heavy atom. The molecule has 0 bridgehead atoms. The quantitative estimate of drug-likeness (QED) is 0.676. The zero-order chi connectivity index (χ0) is 10.4. The molecule has 0 rings (SSSR count). The minimum atomic E-state index is -0.358. The van der Waals surface area contributed by atoms with Gasteiger partial charge in [-0.1, -0.05) is 34.1 Å². The highest BCUT2D eigenvalue weighted by molar-refractivity contribution is 5.81. The van der Waals surface area contributed by atoms with Crippen molar-refractivity contribution < 1.29 is 4.79 Å². The Kier molecular flexibility index (Phi) is 5.71. The molecule has 3 nitrogen and oxygen atoms in total. The van der Waals surface area contributed by atoms with Gasteiger partial charge in [0.2, 0.25) is 5.91 Å².